The van der Waals surface area contributed by atoms with Crippen LogP contribution in [0.4, 0.5) is 0 Å². The first-order chi connectivity index (χ1) is 33.8. The van der Waals surface area contributed by atoms with Gasteiger partial charge in [0.25, 0.3) is 0 Å². The van der Waals surface area contributed by atoms with Gasteiger partial charge in [-0.1, -0.05) is 72.8 Å². The molecule has 12 bridgehead atoms. The van der Waals surface area contributed by atoms with E-state index in [1.54, 1.807) is 20.8 Å². The van der Waals surface area contributed by atoms with Gasteiger partial charge >= 0.3 is 36.1 Å². The summed E-state index contributed by atoms with van der Waals surface area (Å²) >= 11 is 0. The maximum absolute atomic E-state index is 6.46. The lowest BCUT2D eigenvalue weighted by Crippen LogP contribution is -2.02. The molecule has 12 aromatic rings. The number of nitrogens with zero attached hydrogens (tertiary/aromatic N) is 9. The van der Waals surface area contributed by atoms with Crippen molar-refractivity contribution >= 4 is 64.6 Å². The van der Waals surface area contributed by atoms with Gasteiger partial charge in [0.1, 0.15) is 52.0 Å². The van der Waals surface area contributed by atoms with Gasteiger partial charge in [-0.15, -0.1) is 15.0 Å². The Morgan fingerprint density at radius 1 is 0.232 bits per heavy atom. The van der Waals surface area contributed by atoms with Crippen LogP contribution in [0.2, 0.25) is 0 Å². The normalized spacial score (nSPS) is 12.4. The Morgan fingerprint density at radius 2 is 0.420 bits per heavy atom. The Hall–Kier alpha value is -9.63. The molecule has 15 nitrogen and oxygen atoms in total. The average Bonchev–Trinajstić information content (AvgIpc) is 3.32. The molecule has 15 heteroatoms. The Bertz CT molecular complexity index is 3460. The van der Waals surface area contributed by atoms with Crippen LogP contribution in [0.25, 0.3) is 64.6 Å². The molecule has 0 saturated heterocycles. The minimum absolute atomic E-state index is 0.0546. The Balaban J connectivity index is 0.985. The van der Waals surface area contributed by atoms with Crippen LogP contribution in [0.15, 0.2) is 146 Å². The highest BCUT2D eigenvalue weighted by Gasteiger charge is 2.19. The number of aryl methyl sites for hydroxylation is 3. The first-order valence-electron chi connectivity index (χ1n) is 21.9. The smallest absolute Gasteiger partial charge is 0.328 e. The summed E-state index contributed by atoms with van der Waals surface area (Å²) in [6.07, 6.45) is 0. The van der Waals surface area contributed by atoms with Crippen LogP contribution in [0, 0.1) is 20.8 Å². The Morgan fingerprint density at radius 3 is 0.609 bits per heavy atom. The molecule has 0 atom stereocenters. The topological polar surface area (TPSA) is 171 Å². The molecule has 0 aliphatic carbocycles. The van der Waals surface area contributed by atoms with E-state index in [-0.39, 0.29) is 36.1 Å². The number of ether oxygens (including phenoxy) is 6. The fraction of sp³-hybridized carbons (Fsp3) is 0.0556. The Labute approximate surface area is 391 Å². The molecular formula is C54H33N9O6. The second-order valence-electron chi connectivity index (χ2n) is 16.4. The molecule has 1 aliphatic rings. The van der Waals surface area contributed by atoms with Gasteiger partial charge in [-0.2, -0.15) is 29.9 Å². The van der Waals surface area contributed by atoms with Crippen LogP contribution in [-0.4, -0.2) is 44.9 Å². The maximum atomic E-state index is 6.46. The second-order valence-corrected chi connectivity index (χ2v) is 16.4. The standard InChI is InChI=1S/C54H33N9O6/c1-28-55-49-61-50(56-28)65-44-17-5-11-32-23-34-13-7-19-46(40(34)26-38(32)44)67-52-58-30(3)60-54(63-52)69-48-21-9-15-36-24-35-14-8-20-47(41(35)27-42(36)48)68-53-59-29(2)57-51(62-53)66-45-18-6-12-33-22-31-10-4-16-43(64-49)37(31)25-39(33)45/h4-27H,1-3H3. The highest BCUT2D eigenvalue weighted by atomic mass is 16.5. The molecule has 0 amide bonds. The van der Waals surface area contributed by atoms with Crippen LogP contribution < -0.4 is 28.4 Å². The van der Waals surface area contributed by atoms with E-state index >= 15 is 0 Å². The molecule has 330 valence electrons. The van der Waals surface area contributed by atoms with Gasteiger partial charge in [-0.05, 0) is 126 Å². The molecule has 0 saturated carbocycles. The molecule has 0 fully saturated rings. The lowest BCUT2D eigenvalue weighted by molar-refractivity contribution is 0.398. The number of hydrogen-bond acceptors (Lipinski definition) is 15. The summed E-state index contributed by atoms with van der Waals surface area (Å²) in [7, 11) is 0. The van der Waals surface area contributed by atoms with E-state index in [9.17, 15) is 0 Å². The average molecular weight is 904 g/mol. The molecule has 13 rings (SSSR count). The fourth-order valence-electron chi connectivity index (χ4n) is 8.68. The summed E-state index contributed by atoms with van der Waals surface area (Å²) in [4.78, 5) is 41.1. The van der Waals surface area contributed by atoms with E-state index in [0.717, 1.165) is 64.6 Å². The molecule has 4 heterocycles. The van der Waals surface area contributed by atoms with Crippen LogP contribution >= 0.6 is 0 Å². The van der Waals surface area contributed by atoms with Crippen molar-refractivity contribution in [2.45, 2.75) is 20.8 Å². The first-order valence-corrected chi connectivity index (χ1v) is 21.9. The minimum atomic E-state index is 0.0546. The van der Waals surface area contributed by atoms with Gasteiger partial charge in [0.2, 0.25) is 0 Å². The quantitative estimate of drug-likeness (QED) is 0.131. The van der Waals surface area contributed by atoms with Gasteiger partial charge in [-0.3, -0.25) is 0 Å². The van der Waals surface area contributed by atoms with Crippen LogP contribution in [0.3, 0.4) is 0 Å². The van der Waals surface area contributed by atoms with E-state index in [2.05, 4.69) is 63.1 Å². The molecule has 3 aromatic heterocycles. The molecule has 0 spiro atoms. The van der Waals surface area contributed by atoms with Gasteiger partial charge < -0.3 is 28.4 Å². The van der Waals surface area contributed by atoms with Gasteiger partial charge in [-0.25, -0.2) is 0 Å². The van der Waals surface area contributed by atoms with E-state index < -0.39 is 0 Å². The largest absolute Gasteiger partial charge is 0.423 e. The van der Waals surface area contributed by atoms with Gasteiger partial charge in [0.05, 0.1) is 0 Å². The van der Waals surface area contributed by atoms with Crippen LogP contribution in [-0.2, 0) is 0 Å². The fourth-order valence-corrected chi connectivity index (χ4v) is 8.68. The number of rotatable bonds is 0. The minimum Gasteiger partial charge on any atom is -0.423 e. The van der Waals surface area contributed by atoms with Gasteiger partial charge in [0.15, 0.2) is 0 Å². The van der Waals surface area contributed by atoms with Crippen LogP contribution in [0.5, 0.6) is 70.6 Å². The summed E-state index contributed by atoms with van der Waals surface area (Å²) in [6.45, 7) is 5.26. The molecule has 9 aromatic carbocycles. The third-order valence-corrected chi connectivity index (χ3v) is 11.7. The van der Waals surface area contributed by atoms with E-state index in [4.69, 9.17) is 28.4 Å². The van der Waals surface area contributed by atoms with E-state index in [1.165, 1.54) is 0 Å². The Kier molecular flexibility index (Phi) is 9.08. The SMILES string of the molecule is Cc1nc2nc(n1)Oc1cccc3cc4cccc(c4cc13)Oc1nc(C)nc(n1)Oc1cccc3cc4cccc(c4cc13)Oc1nc(C)nc(n1)Oc1cccc3cc4cccc(c4cc13)O2. The lowest BCUT2D eigenvalue weighted by atomic mass is 10.0. The molecule has 69 heavy (non-hydrogen) atoms. The van der Waals surface area contributed by atoms with Gasteiger partial charge in [0, 0.05) is 32.3 Å². The first kappa shape index (κ1) is 39.7. The third-order valence-electron chi connectivity index (χ3n) is 11.7. The monoisotopic (exact) mass is 903 g/mol. The molecule has 0 unspecified atom stereocenters. The predicted octanol–water partition coefficient (Wildman–Crippen LogP) is 13.2. The molecule has 0 radical (unpaired) electrons. The summed E-state index contributed by atoms with van der Waals surface area (Å²) in [5, 5.41) is 10.3. The number of hydrogen-bond donors (Lipinski definition) is 0. The highest BCUT2D eigenvalue weighted by molar-refractivity contribution is 6.05. The van der Waals surface area contributed by atoms with E-state index in [0.29, 0.717) is 52.0 Å². The third kappa shape index (κ3) is 7.40. The van der Waals surface area contributed by atoms with Crippen molar-refractivity contribution in [3.05, 3.63) is 163 Å². The van der Waals surface area contributed by atoms with Crippen molar-refractivity contribution in [3.8, 4) is 70.6 Å². The number of fused-ring (bicyclic) bond motifs is 6. The van der Waals surface area contributed by atoms with Crippen molar-refractivity contribution in [1.29, 1.82) is 0 Å². The van der Waals surface area contributed by atoms with Crippen molar-refractivity contribution in [1.82, 2.24) is 44.9 Å². The maximum Gasteiger partial charge on any atom is 0.328 e. The lowest BCUT2D eigenvalue weighted by Gasteiger charge is -2.14. The molecule has 1 aliphatic heterocycles. The van der Waals surface area contributed by atoms with Crippen molar-refractivity contribution in [2.24, 2.45) is 0 Å². The summed E-state index contributed by atoms with van der Waals surface area (Å²) in [5.74, 6) is 4.27. The second kappa shape index (κ2) is 15.8. The van der Waals surface area contributed by atoms with Crippen LogP contribution in [0.1, 0.15) is 17.5 Å². The summed E-state index contributed by atoms with van der Waals surface area (Å²) < 4.78 is 38.8. The number of aromatic nitrogens is 9. The highest BCUT2D eigenvalue weighted by Crippen LogP contribution is 2.41. The summed E-state index contributed by atoms with van der Waals surface area (Å²) in [5.41, 5.74) is 0. The molecular weight excluding hydrogens is 871 g/mol. The van der Waals surface area contributed by atoms with E-state index in [1.807, 2.05) is 127 Å². The van der Waals surface area contributed by atoms with Crippen molar-refractivity contribution < 1.29 is 28.4 Å². The zero-order chi connectivity index (χ0) is 46.2. The molecule has 0 N–H and O–H groups in total. The van der Waals surface area contributed by atoms with Crippen molar-refractivity contribution in [3.63, 3.8) is 0 Å². The van der Waals surface area contributed by atoms with Crippen molar-refractivity contribution in [2.75, 3.05) is 0 Å². The zero-order valence-electron chi connectivity index (χ0n) is 36.8. The zero-order valence-corrected chi connectivity index (χ0v) is 36.8. The summed E-state index contributed by atoms with van der Waals surface area (Å²) in [6, 6.07) is 47.3. The number of benzene rings is 9. The predicted molar refractivity (Wildman–Crippen MR) is 258 cm³/mol.